The molecular weight excluding hydrogens is 387 g/mol. The summed E-state index contributed by atoms with van der Waals surface area (Å²) in [5.74, 6) is -0.162. The van der Waals surface area contributed by atoms with Crippen LogP contribution in [-0.4, -0.2) is 63.3 Å². The smallest absolute Gasteiger partial charge is 0.243 e. The van der Waals surface area contributed by atoms with Crippen molar-refractivity contribution in [3.05, 3.63) is 24.3 Å². The van der Waals surface area contributed by atoms with Crippen LogP contribution < -0.4 is 11.1 Å². The van der Waals surface area contributed by atoms with Crippen LogP contribution >= 0.6 is 24.8 Å². The summed E-state index contributed by atoms with van der Waals surface area (Å²) < 4.78 is 26.9. The SMILES string of the molecule is CN1CCN(S(=O)(=O)c2cccc(NC(=O)CCCN)c2)CC1.Cl.Cl. The highest BCUT2D eigenvalue weighted by Crippen LogP contribution is 2.21. The Hall–Kier alpha value is -0.900. The second-order valence-electron chi connectivity index (χ2n) is 5.68. The quantitative estimate of drug-likeness (QED) is 0.730. The van der Waals surface area contributed by atoms with Crippen molar-refractivity contribution in [3.63, 3.8) is 0 Å². The van der Waals surface area contributed by atoms with E-state index in [4.69, 9.17) is 5.73 Å². The predicted molar refractivity (Wildman–Crippen MR) is 104 cm³/mol. The highest BCUT2D eigenvalue weighted by atomic mass is 35.5. The van der Waals surface area contributed by atoms with E-state index in [0.29, 0.717) is 38.2 Å². The fraction of sp³-hybridized carbons (Fsp3) is 0.533. The number of carbonyl (C=O) groups excluding carboxylic acids is 1. The summed E-state index contributed by atoms with van der Waals surface area (Å²) in [5.41, 5.74) is 5.86. The van der Waals surface area contributed by atoms with E-state index in [-0.39, 0.29) is 35.6 Å². The van der Waals surface area contributed by atoms with Crippen LogP contribution in [0.5, 0.6) is 0 Å². The maximum atomic E-state index is 12.7. The van der Waals surface area contributed by atoms with Gasteiger partial charge in [0.05, 0.1) is 4.90 Å². The molecule has 0 aliphatic carbocycles. The van der Waals surface area contributed by atoms with E-state index in [1.165, 1.54) is 10.4 Å². The fourth-order valence-corrected chi connectivity index (χ4v) is 3.87. The molecule has 0 bridgehead atoms. The Morgan fingerprint density at radius 2 is 1.84 bits per heavy atom. The van der Waals surface area contributed by atoms with Gasteiger partial charge in [-0.15, -0.1) is 24.8 Å². The summed E-state index contributed by atoms with van der Waals surface area (Å²) >= 11 is 0. The molecule has 1 aromatic carbocycles. The van der Waals surface area contributed by atoms with Gasteiger partial charge in [-0.2, -0.15) is 4.31 Å². The van der Waals surface area contributed by atoms with Gasteiger partial charge in [-0.1, -0.05) is 6.07 Å². The number of benzene rings is 1. The zero-order valence-electron chi connectivity index (χ0n) is 14.2. The summed E-state index contributed by atoms with van der Waals surface area (Å²) in [7, 11) is -1.55. The summed E-state index contributed by atoms with van der Waals surface area (Å²) in [6.07, 6.45) is 0.928. The van der Waals surface area contributed by atoms with E-state index in [2.05, 4.69) is 10.2 Å². The van der Waals surface area contributed by atoms with Crippen LogP contribution in [0.3, 0.4) is 0 Å². The summed E-state index contributed by atoms with van der Waals surface area (Å²) in [6, 6.07) is 6.39. The number of sulfonamides is 1. The third-order valence-corrected chi connectivity index (χ3v) is 5.72. The molecule has 0 saturated carbocycles. The average molecular weight is 413 g/mol. The first-order valence-corrected chi connectivity index (χ1v) is 9.16. The fourth-order valence-electron chi connectivity index (χ4n) is 2.40. The van der Waals surface area contributed by atoms with Gasteiger partial charge in [-0.3, -0.25) is 4.79 Å². The van der Waals surface area contributed by atoms with Crippen molar-refractivity contribution in [3.8, 4) is 0 Å². The first kappa shape index (κ1) is 24.1. The van der Waals surface area contributed by atoms with E-state index in [1.54, 1.807) is 18.2 Å². The average Bonchev–Trinajstić information content (AvgIpc) is 2.53. The molecule has 0 aromatic heterocycles. The van der Waals surface area contributed by atoms with E-state index in [9.17, 15) is 13.2 Å². The molecule has 144 valence electrons. The van der Waals surface area contributed by atoms with E-state index in [1.807, 2.05) is 7.05 Å². The lowest BCUT2D eigenvalue weighted by molar-refractivity contribution is -0.116. The largest absolute Gasteiger partial charge is 0.330 e. The summed E-state index contributed by atoms with van der Waals surface area (Å²) in [4.78, 5) is 14.0. The van der Waals surface area contributed by atoms with Crippen molar-refractivity contribution in [1.29, 1.82) is 0 Å². The van der Waals surface area contributed by atoms with Crippen LogP contribution in [0.4, 0.5) is 5.69 Å². The molecule has 1 aliphatic heterocycles. The lowest BCUT2D eigenvalue weighted by atomic mass is 10.2. The molecule has 10 heteroatoms. The van der Waals surface area contributed by atoms with E-state index < -0.39 is 10.0 Å². The Morgan fingerprint density at radius 3 is 2.44 bits per heavy atom. The van der Waals surface area contributed by atoms with Gasteiger partial charge >= 0.3 is 0 Å². The van der Waals surface area contributed by atoms with Gasteiger partial charge < -0.3 is 16.0 Å². The van der Waals surface area contributed by atoms with Crippen LogP contribution in [0.1, 0.15) is 12.8 Å². The maximum absolute atomic E-state index is 12.7. The Morgan fingerprint density at radius 1 is 1.20 bits per heavy atom. The molecule has 0 atom stereocenters. The number of hydrogen-bond acceptors (Lipinski definition) is 5. The van der Waals surface area contributed by atoms with Crippen molar-refractivity contribution < 1.29 is 13.2 Å². The van der Waals surface area contributed by atoms with E-state index >= 15 is 0 Å². The van der Waals surface area contributed by atoms with Crippen molar-refractivity contribution in [2.75, 3.05) is 45.1 Å². The molecule has 1 aromatic rings. The van der Waals surface area contributed by atoms with Gasteiger partial charge in [-0.05, 0) is 38.2 Å². The highest BCUT2D eigenvalue weighted by Gasteiger charge is 2.27. The number of hydrogen-bond donors (Lipinski definition) is 2. The van der Waals surface area contributed by atoms with Crippen LogP contribution in [0, 0.1) is 0 Å². The molecule has 25 heavy (non-hydrogen) atoms. The number of nitrogens with zero attached hydrogens (tertiary/aromatic N) is 2. The number of rotatable bonds is 6. The minimum Gasteiger partial charge on any atom is -0.330 e. The Labute approximate surface area is 161 Å². The zero-order chi connectivity index (χ0) is 16.9. The number of anilines is 1. The molecule has 1 saturated heterocycles. The summed E-state index contributed by atoms with van der Waals surface area (Å²) in [5, 5.41) is 2.71. The molecule has 7 nitrogen and oxygen atoms in total. The molecule has 1 heterocycles. The van der Waals surface area contributed by atoms with Crippen molar-refractivity contribution in [2.24, 2.45) is 5.73 Å². The molecular formula is C15H26Cl2N4O3S. The zero-order valence-corrected chi connectivity index (χ0v) is 16.6. The highest BCUT2D eigenvalue weighted by molar-refractivity contribution is 7.89. The number of piperazine rings is 1. The van der Waals surface area contributed by atoms with Crippen molar-refractivity contribution >= 4 is 46.4 Å². The number of carbonyl (C=O) groups is 1. The monoisotopic (exact) mass is 412 g/mol. The Bertz CT molecular complexity index is 650. The van der Waals surface area contributed by atoms with Crippen molar-refractivity contribution in [1.82, 2.24) is 9.21 Å². The Kier molecular flexibility index (Phi) is 10.6. The number of amides is 1. The van der Waals surface area contributed by atoms with Gasteiger partial charge in [0.2, 0.25) is 15.9 Å². The first-order valence-electron chi connectivity index (χ1n) is 7.72. The van der Waals surface area contributed by atoms with E-state index in [0.717, 1.165) is 13.1 Å². The number of nitrogens with two attached hydrogens (primary N) is 1. The number of nitrogens with one attached hydrogen (secondary N) is 1. The third-order valence-electron chi connectivity index (χ3n) is 3.83. The maximum Gasteiger partial charge on any atom is 0.243 e. The molecule has 0 spiro atoms. The van der Waals surface area contributed by atoms with Crippen LogP contribution in [0.25, 0.3) is 0 Å². The molecule has 2 rings (SSSR count). The third kappa shape index (κ3) is 6.73. The van der Waals surface area contributed by atoms with Crippen LogP contribution in [-0.2, 0) is 14.8 Å². The van der Waals surface area contributed by atoms with Crippen LogP contribution in [0.15, 0.2) is 29.2 Å². The Balaban J connectivity index is 0.00000288. The van der Waals surface area contributed by atoms with Gasteiger partial charge in [-0.25, -0.2) is 8.42 Å². The standard InChI is InChI=1S/C15H24N4O3S.2ClH/c1-18-8-10-19(11-9-18)23(21,22)14-5-2-4-13(12-14)17-15(20)6-3-7-16;;/h2,4-5,12H,3,6-11,16H2,1H3,(H,17,20);2*1H. The second kappa shape index (κ2) is 10.9. The van der Waals surface area contributed by atoms with Crippen molar-refractivity contribution in [2.45, 2.75) is 17.7 Å². The number of halogens is 2. The van der Waals surface area contributed by atoms with Gasteiger partial charge in [0, 0.05) is 38.3 Å². The lowest BCUT2D eigenvalue weighted by Gasteiger charge is -2.31. The molecule has 1 aliphatic rings. The molecule has 3 N–H and O–H groups in total. The minimum atomic E-state index is -3.53. The predicted octanol–water partition coefficient (Wildman–Crippen LogP) is 1.14. The van der Waals surface area contributed by atoms with Gasteiger partial charge in [0.25, 0.3) is 0 Å². The summed E-state index contributed by atoms with van der Waals surface area (Å²) in [6.45, 7) is 2.84. The molecule has 1 amide bonds. The van der Waals surface area contributed by atoms with Gasteiger partial charge in [0.15, 0.2) is 0 Å². The lowest BCUT2D eigenvalue weighted by Crippen LogP contribution is -2.47. The first-order chi connectivity index (χ1) is 10.9. The minimum absolute atomic E-state index is 0. The van der Waals surface area contributed by atoms with Gasteiger partial charge in [0.1, 0.15) is 0 Å². The molecule has 0 radical (unpaired) electrons. The number of likely N-dealkylation sites (N-methyl/N-ethyl adjacent to an activating group) is 1. The topological polar surface area (TPSA) is 95.7 Å². The van der Waals surface area contributed by atoms with Crippen LogP contribution in [0.2, 0.25) is 0 Å². The normalized spacial score (nSPS) is 15.8. The molecule has 0 unspecified atom stereocenters. The molecule has 1 fully saturated rings. The second-order valence-corrected chi connectivity index (χ2v) is 7.61.